The van der Waals surface area contributed by atoms with Crippen molar-refractivity contribution >= 4 is 19.7 Å². The second-order valence-corrected chi connectivity index (χ2v) is 19.8. The van der Waals surface area contributed by atoms with E-state index in [1.807, 2.05) is 0 Å². The molecule has 0 aliphatic heterocycles. The molecule has 0 aliphatic rings. The number of hydrogen-bond donors (Lipinski definition) is 2. The van der Waals surface area contributed by atoms with Crippen molar-refractivity contribution in [2.24, 2.45) is 0 Å². The summed E-state index contributed by atoms with van der Waals surface area (Å²) in [4.78, 5) is 8.85. The van der Waals surface area contributed by atoms with E-state index in [1.165, 1.54) is 63.9 Å². The maximum atomic E-state index is 13.1. The number of pyridine rings is 2. The molecule has 26 heteroatoms. The molecule has 0 unspecified atom stereocenters. The lowest BCUT2D eigenvalue weighted by atomic mass is 10.2. The van der Waals surface area contributed by atoms with E-state index in [2.05, 4.69) is 40.7 Å². The average Bonchev–Trinajstić information content (AvgIpc) is 4.20. The Balaban J connectivity index is 0.000000211. The number of nitrogens with zero attached hydrogens (tertiary/aromatic N) is 10. The number of aromatic nitrogens is 10. The molecule has 0 saturated carbocycles. The zero-order valence-electron chi connectivity index (χ0n) is 40.1. The topological polar surface area (TPSA) is 303 Å². The molecule has 0 bridgehead atoms. The summed E-state index contributed by atoms with van der Waals surface area (Å²) in [5.41, 5.74) is 2.61. The number of methoxy groups -OCH3 is 6. The summed E-state index contributed by atoms with van der Waals surface area (Å²) in [6, 6.07) is 23.4. The van der Waals surface area contributed by atoms with Gasteiger partial charge in [0.25, 0.3) is 0 Å². The van der Waals surface area contributed by atoms with Crippen LogP contribution in [0.1, 0.15) is 46.8 Å². The zero-order chi connectivity index (χ0) is 51.7. The summed E-state index contributed by atoms with van der Waals surface area (Å²) in [5.74, 6) is 0.710. The Labute approximate surface area is 412 Å². The van der Waals surface area contributed by atoms with Crippen LogP contribution in [0.5, 0.6) is 34.8 Å². The fraction of sp³-hybridized carbons (Fsp3) is 0.304. The predicted molar refractivity (Wildman–Crippen MR) is 256 cm³/mol. The van der Waals surface area contributed by atoms with Gasteiger partial charge in [-0.2, -0.15) is 0 Å². The highest BCUT2D eigenvalue weighted by atomic mass is 32.2. The van der Waals surface area contributed by atoms with Crippen LogP contribution in [-0.2, 0) is 31.2 Å². The summed E-state index contributed by atoms with van der Waals surface area (Å²) in [6.45, 7) is 3.34. The lowest BCUT2D eigenvalue weighted by Gasteiger charge is -2.17. The Morgan fingerprint density at radius 2 is 0.861 bits per heavy atom. The third kappa shape index (κ3) is 11.8. The largest absolute Gasteiger partial charge is 0.494 e. The predicted octanol–water partition coefficient (Wildman–Crippen LogP) is 4.60. The number of rotatable bonds is 20. The Morgan fingerprint density at radius 3 is 1.17 bits per heavy atom. The van der Waals surface area contributed by atoms with Crippen LogP contribution in [0.25, 0.3) is 34.4 Å². The van der Waals surface area contributed by atoms with Gasteiger partial charge in [0.1, 0.15) is 69.5 Å². The minimum Gasteiger partial charge on any atom is -0.494 e. The minimum absolute atomic E-state index is 0.0604. The van der Waals surface area contributed by atoms with Crippen LogP contribution in [0.4, 0.5) is 0 Å². The molecule has 2 aromatic carbocycles. The molecule has 6 aromatic heterocycles. The first-order valence-electron chi connectivity index (χ1n) is 21.5. The molecular formula is C46H50N10O14S2. The summed E-state index contributed by atoms with van der Waals surface area (Å²) in [5, 5.41) is 45.0. The van der Waals surface area contributed by atoms with Gasteiger partial charge >= 0.3 is 0 Å². The van der Waals surface area contributed by atoms with Gasteiger partial charge in [-0.15, -0.1) is 20.4 Å². The fourth-order valence-electron chi connectivity index (χ4n) is 7.27. The third-order valence-electron chi connectivity index (χ3n) is 10.5. The molecule has 8 rings (SSSR count). The molecule has 24 nitrogen and oxygen atoms in total. The van der Waals surface area contributed by atoms with Crippen molar-refractivity contribution in [1.29, 1.82) is 0 Å². The molecule has 380 valence electrons. The van der Waals surface area contributed by atoms with E-state index in [0.29, 0.717) is 68.9 Å². The molecular weight excluding hydrogens is 981 g/mol. The normalized spacial score (nSPS) is 12.4. The van der Waals surface area contributed by atoms with E-state index < -0.39 is 54.9 Å². The number of benzene rings is 2. The second-order valence-electron chi connectivity index (χ2n) is 15.6. The first-order valence-corrected chi connectivity index (χ1v) is 25.1. The summed E-state index contributed by atoms with van der Waals surface area (Å²) >= 11 is 0. The van der Waals surface area contributed by atoms with E-state index in [-0.39, 0.29) is 34.8 Å². The lowest BCUT2D eigenvalue weighted by molar-refractivity contribution is 0.159. The van der Waals surface area contributed by atoms with E-state index in [1.54, 1.807) is 86.6 Å². The van der Waals surface area contributed by atoms with Gasteiger partial charge in [0.2, 0.25) is 11.8 Å². The van der Waals surface area contributed by atoms with Gasteiger partial charge in [0.15, 0.2) is 54.5 Å². The first-order chi connectivity index (χ1) is 34.5. The number of aryl methyl sites for hydroxylation is 2. The molecule has 2 atom stereocenters. The summed E-state index contributed by atoms with van der Waals surface area (Å²) in [7, 11) is 1.08. The van der Waals surface area contributed by atoms with Gasteiger partial charge in [0.05, 0.1) is 65.6 Å². The second kappa shape index (κ2) is 22.4. The van der Waals surface area contributed by atoms with Crippen LogP contribution in [0, 0.1) is 13.8 Å². The van der Waals surface area contributed by atoms with Gasteiger partial charge in [-0.3, -0.25) is 9.13 Å². The summed E-state index contributed by atoms with van der Waals surface area (Å²) < 4.78 is 98.2. The highest BCUT2D eigenvalue weighted by molar-refractivity contribution is 7.90. The van der Waals surface area contributed by atoms with Crippen molar-refractivity contribution in [2.75, 3.05) is 54.2 Å². The maximum Gasteiger partial charge on any atom is 0.213 e. The van der Waals surface area contributed by atoms with Gasteiger partial charge in [-0.25, -0.2) is 26.8 Å². The van der Waals surface area contributed by atoms with E-state index >= 15 is 0 Å². The highest BCUT2D eigenvalue weighted by Crippen LogP contribution is 2.38. The molecule has 0 fully saturated rings. The highest BCUT2D eigenvalue weighted by Gasteiger charge is 2.31. The molecule has 0 saturated heterocycles. The van der Waals surface area contributed by atoms with E-state index in [0.717, 1.165) is 0 Å². The summed E-state index contributed by atoms with van der Waals surface area (Å²) in [6.07, 6.45) is -2.79. The van der Waals surface area contributed by atoms with Crippen molar-refractivity contribution in [1.82, 2.24) is 49.8 Å². The van der Waals surface area contributed by atoms with E-state index in [9.17, 15) is 27.0 Å². The zero-order valence-corrected chi connectivity index (χ0v) is 41.8. The SMILES string of the molecule is COc1cccc(-c2nnc(CS(=O)(=O)C[C@@H](O)c3cc(C)no3)n2-c2c(OC)cccc2OC)n1.COc1cccc(-c2nnc(CS(=O)(=O)C[C@H](O)c3cc(C)no3)n2-c2c(OC)cccc2OC)n1. The molecule has 0 spiro atoms. The van der Waals surface area contributed by atoms with Gasteiger partial charge in [-0.05, 0) is 50.2 Å². The maximum absolute atomic E-state index is 13.1. The molecule has 72 heavy (non-hydrogen) atoms. The number of ether oxygens (including phenoxy) is 6. The van der Waals surface area contributed by atoms with Gasteiger partial charge < -0.3 is 47.7 Å². The van der Waals surface area contributed by atoms with Gasteiger partial charge in [0, 0.05) is 24.3 Å². The van der Waals surface area contributed by atoms with Crippen molar-refractivity contribution < 1.29 is 64.5 Å². The molecule has 0 amide bonds. The van der Waals surface area contributed by atoms with Crippen molar-refractivity contribution in [3.05, 3.63) is 119 Å². The van der Waals surface area contributed by atoms with E-state index in [4.69, 9.17) is 37.5 Å². The Bertz CT molecular complexity index is 3110. The lowest BCUT2D eigenvalue weighted by Crippen LogP contribution is -2.19. The Kier molecular flexibility index (Phi) is 16.2. The smallest absolute Gasteiger partial charge is 0.213 e. The van der Waals surface area contributed by atoms with Crippen molar-refractivity contribution in [2.45, 2.75) is 37.6 Å². The third-order valence-corrected chi connectivity index (χ3v) is 13.5. The van der Waals surface area contributed by atoms with Crippen LogP contribution >= 0.6 is 0 Å². The molecule has 8 aromatic rings. The fourth-order valence-corrected chi connectivity index (χ4v) is 9.96. The van der Waals surface area contributed by atoms with Crippen LogP contribution in [0.15, 0.2) is 94.0 Å². The Hall–Kier alpha value is -7.94. The average molecular weight is 1030 g/mol. The molecule has 2 N–H and O–H groups in total. The minimum atomic E-state index is -3.91. The van der Waals surface area contributed by atoms with Crippen LogP contribution < -0.4 is 28.4 Å². The standard InChI is InChI=1S/2C23H25N5O7S/c2*1-14-11-19(35-27-14)16(29)12-36(30,31)13-20-25-26-23(15-7-5-10-21(24-15)34-4)28(20)22-17(32-2)8-6-9-18(22)33-3/h2*5-11,16,29H,12-13H2,1-4H3/t2*16-/m10/s1. The molecule has 0 radical (unpaired) electrons. The molecule has 6 heterocycles. The number of aliphatic hydroxyl groups excluding tert-OH is 2. The van der Waals surface area contributed by atoms with Crippen molar-refractivity contribution in [3.63, 3.8) is 0 Å². The van der Waals surface area contributed by atoms with Gasteiger partial charge in [-0.1, -0.05) is 34.6 Å². The van der Waals surface area contributed by atoms with Crippen LogP contribution in [-0.4, -0.2) is 131 Å². The number of sulfone groups is 2. The van der Waals surface area contributed by atoms with Crippen LogP contribution in [0.2, 0.25) is 0 Å². The first kappa shape index (κ1) is 51.9. The Morgan fingerprint density at radius 1 is 0.514 bits per heavy atom. The monoisotopic (exact) mass is 1030 g/mol. The number of hydrogen-bond acceptors (Lipinski definition) is 22. The number of aliphatic hydroxyl groups is 2. The quantitative estimate of drug-likeness (QED) is 0.105. The molecule has 0 aliphatic carbocycles. The number of para-hydroxylation sites is 2. The van der Waals surface area contributed by atoms with Crippen LogP contribution in [0.3, 0.4) is 0 Å². The van der Waals surface area contributed by atoms with Crippen molar-refractivity contribution in [3.8, 4) is 69.2 Å².